The van der Waals surface area contributed by atoms with E-state index in [1.54, 1.807) is 11.0 Å². The lowest BCUT2D eigenvalue weighted by Crippen LogP contribution is -2.23. The number of hydrogen-bond acceptors (Lipinski definition) is 3. The normalized spacial score (nSPS) is 14.3. The Morgan fingerprint density at radius 2 is 1.72 bits per heavy atom. The standard InChI is InChI=1S/C23H22N4O2/c1-17(18-10-12-19(13-11-18)27-16-6-9-22(27)28)24-25-23(29)20-7-2-3-8-21(20)26-14-4-5-15-26/h2-5,7-8,10-15H,6,9,16H2,1H3,(H,25,29)/b24-17-. The van der Waals surface area contributed by atoms with Crippen LogP contribution in [-0.2, 0) is 4.79 Å². The maximum absolute atomic E-state index is 12.7. The van der Waals surface area contributed by atoms with Gasteiger partial charge >= 0.3 is 0 Å². The van der Waals surface area contributed by atoms with Crippen LogP contribution in [0.3, 0.4) is 0 Å². The Morgan fingerprint density at radius 3 is 2.41 bits per heavy atom. The van der Waals surface area contributed by atoms with Gasteiger partial charge in [0.2, 0.25) is 5.91 Å². The van der Waals surface area contributed by atoms with Crippen LogP contribution < -0.4 is 10.3 Å². The molecule has 0 bridgehead atoms. The third-order valence-corrected chi connectivity index (χ3v) is 5.03. The minimum Gasteiger partial charge on any atom is -0.323 e. The monoisotopic (exact) mass is 386 g/mol. The molecule has 1 aliphatic rings. The summed E-state index contributed by atoms with van der Waals surface area (Å²) in [4.78, 5) is 26.4. The highest BCUT2D eigenvalue weighted by Gasteiger charge is 2.21. The summed E-state index contributed by atoms with van der Waals surface area (Å²) in [6.45, 7) is 2.61. The summed E-state index contributed by atoms with van der Waals surface area (Å²) in [5.41, 5.74) is 6.46. The van der Waals surface area contributed by atoms with Crippen molar-refractivity contribution in [3.05, 3.63) is 84.2 Å². The number of rotatable bonds is 5. The van der Waals surface area contributed by atoms with E-state index in [2.05, 4.69) is 10.5 Å². The summed E-state index contributed by atoms with van der Waals surface area (Å²) in [7, 11) is 0. The van der Waals surface area contributed by atoms with Crippen molar-refractivity contribution in [3.8, 4) is 5.69 Å². The number of anilines is 1. The first-order chi connectivity index (χ1) is 14.1. The van der Waals surface area contributed by atoms with E-state index < -0.39 is 0 Å². The van der Waals surface area contributed by atoms with Crippen molar-refractivity contribution in [2.24, 2.45) is 5.10 Å². The molecule has 6 heteroatoms. The molecule has 0 spiro atoms. The van der Waals surface area contributed by atoms with Crippen LogP contribution in [0.4, 0.5) is 5.69 Å². The van der Waals surface area contributed by atoms with E-state index in [0.717, 1.165) is 29.9 Å². The molecule has 1 aromatic heterocycles. The zero-order valence-corrected chi connectivity index (χ0v) is 16.2. The lowest BCUT2D eigenvalue weighted by atomic mass is 10.1. The molecule has 1 saturated heterocycles. The van der Waals surface area contributed by atoms with E-state index in [1.165, 1.54) is 0 Å². The smallest absolute Gasteiger partial charge is 0.273 e. The SMILES string of the molecule is C/C(=N/NC(=O)c1ccccc1-n1cccc1)c1ccc(N2CCCC2=O)cc1. The van der Waals surface area contributed by atoms with Crippen LogP contribution in [0.5, 0.6) is 0 Å². The first-order valence-electron chi connectivity index (χ1n) is 9.61. The number of hydrogen-bond donors (Lipinski definition) is 1. The molecule has 29 heavy (non-hydrogen) atoms. The van der Waals surface area contributed by atoms with Crippen molar-refractivity contribution in [2.75, 3.05) is 11.4 Å². The van der Waals surface area contributed by atoms with Crippen LogP contribution in [0.1, 0.15) is 35.7 Å². The number of carbonyl (C=O) groups is 2. The third-order valence-electron chi connectivity index (χ3n) is 5.03. The van der Waals surface area contributed by atoms with Gasteiger partial charge in [-0.15, -0.1) is 0 Å². The highest BCUT2D eigenvalue weighted by Crippen LogP contribution is 2.22. The van der Waals surface area contributed by atoms with Crippen molar-refractivity contribution >= 4 is 23.2 Å². The molecule has 2 aromatic carbocycles. The minimum atomic E-state index is -0.270. The van der Waals surface area contributed by atoms with Gasteiger partial charge < -0.3 is 9.47 Å². The Kier molecular flexibility index (Phi) is 5.24. The average Bonchev–Trinajstić information content (AvgIpc) is 3.44. The summed E-state index contributed by atoms with van der Waals surface area (Å²) in [6, 6.07) is 18.9. The van der Waals surface area contributed by atoms with Gasteiger partial charge in [-0.2, -0.15) is 5.10 Å². The Morgan fingerprint density at radius 1 is 1.00 bits per heavy atom. The van der Waals surface area contributed by atoms with Crippen LogP contribution in [-0.4, -0.2) is 28.6 Å². The molecule has 0 aliphatic carbocycles. The van der Waals surface area contributed by atoms with Gasteiger partial charge in [-0.05, 0) is 55.3 Å². The van der Waals surface area contributed by atoms with Gasteiger partial charge in [0, 0.05) is 31.0 Å². The molecule has 1 N–H and O–H groups in total. The zero-order valence-electron chi connectivity index (χ0n) is 16.2. The molecule has 146 valence electrons. The fourth-order valence-corrected chi connectivity index (χ4v) is 3.45. The van der Waals surface area contributed by atoms with Gasteiger partial charge in [0.15, 0.2) is 0 Å². The van der Waals surface area contributed by atoms with Crippen molar-refractivity contribution in [1.29, 1.82) is 0 Å². The quantitative estimate of drug-likeness (QED) is 0.536. The molecule has 3 aromatic rings. The highest BCUT2D eigenvalue weighted by molar-refractivity contribution is 6.02. The maximum atomic E-state index is 12.7. The van der Waals surface area contributed by atoms with Gasteiger partial charge in [0.05, 0.1) is 17.0 Å². The van der Waals surface area contributed by atoms with Crippen LogP contribution >= 0.6 is 0 Å². The van der Waals surface area contributed by atoms with Gasteiger partial charge in [0.25, 0.3) is 5.91 Å². The molecule has 6 nitrogen and oxygen atoms in total. The van der Waals surface area contributed by atoms with Crippen molar-refractivity contribution < 1.29 is 9.59 Å². The molecule has 2 heterocycles. The highest BCUT2D eigenvalue weighted by atomic mass is 16.2. The predicted molar refractivity (Wildman–Crippen MR) is 113 cm³/mol. The fourth-order valence-electron chi connectivity index (χ4n) is 3.45. The number of aromatic nitrogens is 1. The minimum absolute atomic E-state index is 0.164. The second-order valence-corrected chi connectivity index (χ2v) is 6.94. The van der Waals surface area contributed by atoms with Crippen LogP contribution in [0.15, 0.2) is 78.2 Å². The number of carbonyl (C=O) groups excluding carboxylic acids is 2. The zero-order chi connectivity index (χ0) is 20.2. The Bertz CT molecular complexity index is 1050. The lowest BCUT2D eigenvalue weighted by Gasteiger charge is -2.15. The molecule has 4 rings (SSSR count). The van der Waals surface area contributed by atoms with Gasteiger partial charge in [-0.1, -0.05) is 24.3 Å². The Labute approximate surface area is 169 Å². The average molecular weight is 386 g/mol. The number of benzene rings is 2. The van der Waals surface area contributed by atoms with Gasteiger partial charge in [0.1, 0.15) is 0 Å². The van der Waals surface area contributed by atoms with Crippen LogP contribution in [0.25, 0.3) is 5.69 Å². The number of nitrogens with one attached hydrogen (secondary N) is 1. The lowest BCUT2D eigenvalue weighted by molar-refractivity contribution is -0.117. The predicted octanol–water partition coefficient (Wildman–Crippen LogP) is 3.76. The Hall–Kier alpha value is -3.67. The summed E-state index contributed by atoms with van der Waals surface area (Å²) in [5, 5.41) is 4.26. The second-order valence-electron chi connectivity index (χ2n) is 6.94. The number of amides is 2. The first-order valence-corrected chi connectivity index (χ1v) is 9.61. The molecule has 2 amide bonds. The third kappa shape index (κ3) is 3.96. The molecule has 0 atom stereocenters. The fraction of sp³-hybridized carbons (Fsp3) is 0.174. The van der Waals surface area contributed by atoms with E-state index in [0.29, 0.717) is 17.7 Å². The second kappa shape index (κ2) is 8.14. The molecule has 0 saturated carbocycles. The molecule has 1 fully saturated rings. The largest absolute Gasteiger partial charge is 0.323 e. The molecular formula is C23H22N4O2. The van der Waals surface area contributed by atoms with E-state index in [1.807, 2.05) is 78.5 Å². The number of nitrogens with zero attached hydrogens (tertiary/aromatic N) is 3. The number of para-hydroxylation sites is 1. The van der Waals surface area contributed by atoms with E-state index in [-0.39, 0.29) is 11.8 Å². The maximum Gasteiger partial charge on any atom is 0.273 e. The summed E-state index contributed by atoms with van der Waals surface area (Å²) < 4.78 is 1.89. The first kappa shape index (κ1) is 18.7. The van der Waals surface area contributed by atoms with Gasteiger partial charge in [-0.25, -0.2) is 5.43 Å². The summed E-state index contributed by atoms with van der Waals surface area (Å²) >= 11 is 0. The van der Waals surface area contributed by atoms with Crippen molar-refractivity contribution in [2.45, 2.75) is 19.8 Å². The van der Waals surface area contributed by atoms with Crippen molar-refractivity contribution in [1.82, 2.24) is 9.99 Å². The molecule has 0 unspecified atom stereocenters. The van der Waals surface area contributed by atoms with Crippen LogP contribution in [0, 0.1) is 0 Å². The molecule has 0 radical (unpaired) electrons. The molecule has 1 aliphatic heterocycles. The molecular weight excluding hydrogens is 364 g/mol. The van der Waals surface area contributed by atoms with Crippen molar-refractivity contribution in [3.63, 3.8) is 0 Å². The van der Waals surface area contributed by atoms with Crippen LogP contribution in [0.2, 0.25) is 0 Å². The summed E-state index contributed by atoms with van der Waals surface area (Å²) in [5.74, 6) is -0.107. The number of hydrazone groups is 1. The van der Waals surface area contributed by atoms with E-state index >= 15 is 0 Å². The van der Waals surface area contributed by atoms with E-state index in [4.69, 9.17) is 0 Å². The topological polar surface area (TPSA) is 66.7 Å². The van der Waals surface area contributed by atoms with Gasteiger partial charge in [-0.3, -0.25) is 9.59 Å². The Balaban J connectivity index is 1.48. The van der Waals surface area contributed by atoms with E-state index in [9.17, 15) is 9.59 Å². The summed E-state index contributed by atoms with van der Waals surface area (Å²) in [6.07, 6.45) is 5.30.